The van der Waals surface area contributed by atoms with Gasteiger partial charge in [0.05, 0.1) is 24.7 Å². The molecule has 5 fully saturated rings. The van der Waals surface area contributed by atoms with Gasteiger partial charge in [0.2, 0.25) is 0 Å². The fraction of sp³-hybridized carbons (Fsp3) is 0.878. The summed E-state index contributed by atoms with van der Waals surface area (Å²) >= 11 is 0. The molecule has 0 aromatic heterocycles. The van der Waals surface area contributed by atoms with Gasteiger partial charge in [0.1, 0.15) is 42.7 Å². The van der Waals surface area contributed by atoms with E-state index >= 15 is 0 Å². The maximum atomic E-state index is 13.0. The van der Waals surface area contributed by atoms with Gasteiger partial charge in [-0.15, -0.1) is 0 Å². The van der Waals surface area contributed by atoms with Crippen LogP contribution in [-0.2, 0) is 23.7 Å². The quantitative estimate of drug-likeness (QED) is 0.196. The van der Waals surface area contributed by atoms with E-state index in [1.807, 2.05) is 0 Å². The van der Waals surface area contributed by atoms with Crippen molar-refractivity contribution in [2.45, 2.75) is 168 Å². The molecule has 0 spiro atoms. The lowest BCUT2D eigenvalue weighted by atomic mass is 9.34. The van der Waals surface area contributed by atoms with Crippen molar-refractivity contribution >= 4 is 5.97 Å². The van der Waals surface area contributed by atoms with Gasteiger partial charge in [-0.25, -0.2) is 0 Å². The minimum Gasteiger partial charge on any atom is -0.481 e. The molecule has 0 radical (unpaired) electrons. The second-order valence-electron chi connectivity index (χ2n) is 19.2. The van der Waals surface area contributed by atoms with Crippen molar-refractivity contribution in [1.82, 2.24) is 0 Å². The second kappa shape index (κ2) is 13.6. The fourth-order valence-corrected chi connectivity index (χ4v) is 13.0. The third kappa shape index (κ3) is 5.70. The van der Waals surface area contributed by atoms with E-state index in [1.165, 1.54) is 11.1 Å². The third-order valence-electron chi connectivity index (χ3n) is 16.6. The van der Waals surface area contributed by atoms with Gasteiger partial charge in [-0.3, -0.25) is 4.79 Å². The molecular weight excluding hydrogens is 684 g/mol. The van der Waals surface area contributed by atoms with Crippen molar-refractivity contribution in [3.63, 3.8) is 0 Å². The molecule has 2 heterocycles. The highest BCUT2D eigenvalue weighted by molar-refractivity contribution is 5.82. The molecule has 17 unspecified atom stereocenters. The second-order valence-corrected chi connectivity index (χ2v) is 19.2. The number of hydrogen-bond acceptors (Lipinski definition) is 11. The molecule has 12 heteroatoms. The smallest absolute Gasteiger partial charge is 0.314 e. The Bertz CT molecular complexity index is 1490. The third-order valence-corrected chi connectivity index (χ3v) is 16.6. The molecule has 12 nitrogen and oxygen atoms in total. The van der Waals surface area contributed by atoms with Gasteiger partial charge < -0.3 is 54.7 Å². The number of aliphatic carboxylic acids is 1. The van der Waals surface area contributed by atoms with E-state index in [9.17, 15) is 40.5 Å². The van der Waals surface area contributed by atoms with Crippen LogP contribution in [0.1, 0.15) is 106 Å². The summed E-state index contributed by atoms with van der Waals surface area (Å²) in [5.41, 5.74) is 2.50. The number of carbonyl (C=O) groups is 1. The standard InChI is InChI=1S/C41H64O12/c1-20-10-15-41(36(48)49)17-16-39(6)22(28(41)21(20)2)8-9-26-38(5)13-12-27(37(3,4)25(38)11-14-40(26,39)7)53-34-32(46)30(44)24(19-50-34)52-35-33(47)31(45)29(43)23(18-42)51-35/h8,20,23-27,29-35,42-47H,9-19H2,1-7H3,(H,48,49). The van der Waals surface area contributed by atoms with Crippen molar-refractivity contribution < 1.29 is 59.5 Å². The van der Waals surface area contributed by atoms with Gasteiger partial charge >= 0.3 is 5.97 Å². The predicted molar refractivity (Wildman–Crippen MR) is 192 cm³/mol. The summed E-state index contributed by atoms with van der Waals surface area (Å²) in [5, 5.41) is 73.2. The maximum absolute atomic E-state index is 13.0. The first-order valence-corrected chi connectivity index (χ1v) is 20.0. The van der Waals surface area contributed by atoms with E-state index in [4.69, 9.17) is 18.9 Å². The zero-order chi connectivity index (χ0) is 38.6. The molecular formula is C41H64O12. The number of aliphatic hydroxyl groups excluding tert-OH is 6. The molecule has 53 heavy (non-hydrogen) atoms. The molecule has 0 aromatic rings. The van der Waals surface area contributed by atoms with E-state index in [1.54, 1.807) is 0 Å². The molecule has 3 saturated carbocycles. The number of hydrogen-bond donors (Lipinski definition) is 7. The van der Waals surface area contributed by atoms with Crippen LogP contribution in [0.4, 0.5) is 0 Å². The number of carboxylic acid groups (broad SMARTS) is 1. The van der Waals surface area contributed by atoms with Crippen molar-refractivity contribution in [3.05, 3.63) is 22.8 Å². The number of carboxylic acids is 1. The Morgan fingerprint density at radius 1 is 0.830 bits per heavy atom. The van der Waals surface area contributed by atoms with Gasteiger partial charge in [0.25, 0.3) is 0 Å². The normalized spacial score (nSPS) is 52.4. The zero-order valence-corrected chi connectivity index (χ0v) is 32.5. The molecule has 17 atom stereocenters. The first kappa shape index (κ1) is 39.8. The Morgan fingerprint density at radius 2 is 1.53 bits per heavy atom. The molecule has 0 amide bonds. The number of rotatable bonds is 6. The Kier molecular flexibility index (Phi) is 10.2. The van der Waals surface area contributed by atoms with Crippen LogP contribution >= 0.6 is 0 Å². The van der Waals surface area contributed by atoms with Crippen LogP contribution in [0.15, 0.2) is 22.8 Å². The van der Waals surface area contributed by atoms with Crippen molar-refractivity contribution in [2.24, 2.45) is 44.8 Å². The minimum absolute atomic E-state index is 0.00189. The SMILES string of the molecule is CC1=C2C3=CCC4C5(C)CCC(OC6OCC(OC7OC(CO)C(O)C(O)C7O)C(O)C6O)C(C)(C)C5CCC4(C)C3(C)CCC2(C(=O)O)CCC1C. The summed E-state index contributed by atoms with van der Waals surface area (Å²) in [5.74, 6) is 0.432. The summed E-state index contributed by atoms with van der Waals surface area (Å²) in [6.45, 7) is 15.5. The van der Waals surface area contributed by atoms with Crippen LogP contribution in [0.2, 0.25) is 0 Å². The van der Waals surface area contributed by atoms with Crippen LogP contribution in [-0.4, -0.2) is 116 Å². The summed E-state index contributed by atoms with van der Waals surface area (Å²) < 4.78 is 23.7. The van der Waals surface area contributed by atoms with E-state index in [0.717, 1.165) is 50.5 Å². The monoisotopic (exact) mass is 748 g/mol. The predicted octanol–water partition coefficient (Wildman–Crippen LogP) is 3.44. The Hall–Kier alpha value is -1.45. The maximum Gasteiger partial charge on any atom is 0.314 e. The summed E-state index contributed by atoms with van der Waals surface area (Å²) in [4.78, 5) is 13.0. The Morgan fingerprint density at radius 3 is 2.21 bits per heavy atom. The van der Waals surface area contributed by atoms with Gasteiger partial charge in [-0.1, -0.05) is 53.2 Å². The lowest BCUT2D eigenvalue weighted by Crippen LogP contribution is -2.65. The zero-order valence-electron chi connectivity index (χ0n) is 32.5. The molecule has 300 valence electrons. The van der Waals surface area contributed by atoms with Crippen LogP contribution in [0.25, 0.3) is 0 Å². The van der Waals surface area contributed by atoms with Crippen LogP contribution in [0.5, 0.6) is 0 Å². The lowest BCUT2D eigenvalue weighted by Gasteiger charge is -2.70. The van der Waals surface area contributed by atoms with Gasteiger partial charge in [0.15, 0.2) is 12.6 Å². The molecule has 2 aliphatic heterocycles. The lowest BCUT2D eigenvalue weighted by molar-refractivity contribution is -0.351. The van der Waals surface area contributed by atoms with Gasteiger partial charge in [-0.05, 0) is 115 Å². The van der Waals surface area contributed by atoms with Crippen molar-refractivity contribution in [1.29, 1.82) is 0 Å². The number of allylic oxidation sites excluding steroid dienone is 3. The Labute approximate surface area is 313 Å². The number of ether oxygens (including phenoxy) is 4. The largest absolute Gasteiger partial charge is 0.481 e. The molecule has 0 aromatic carbocycles. The van der Waals surface area contributed by atoms with E-state index < -0.39 is 73.3 Å². The highest BCUT2D eigenvalue weighted by Gasteiger charge is 2.68. The Balaban J connectivity index is 1.07. The number of fused-ring (bicyclic) bond motifs is 7. The molecule has 2 saturated heterocycles. The van der Waals surface area contributed by atoms with Gasteiger partial charge in [-0.2, -0.15) is 0 Å². The van der Waals surface area contributed by atoms with E-state index in [0.29, 0.717) is 30.6 Å². The summed E-state index contributed by atoms with van der Waals surface area (Å²) in [6.07, 6.45) is -2.66. The first-order chi connectivity index (χ1) is 24.8. The molecule has 5 aliphatic carbocycles. The van der Waals surface area contributed by atoms with Crippen molar-refractivity contribution in [2.75, 3.05) is 13.2 Å². The summed E-state index contributed by atoms with van der Waals surface area (Å²) in [6, 6.07) is 0. The molecule has 0 bridgehead atoms. The highest BCUT2D eigenvalue weighted by atomic mass is 16.7. The molecule has 7 N–H and O–H groups in total. The van der Waals surface area contributed by atoms with E-state index in [-0.39, 0.29) is 34.4 Å². The van der Waals surface area contributed by atoms with Crippen LogP contribution < -0.4 is 0 Å². The highest BCUT2D eigenvalue weighted by Crippen LogP contribution is 2.75. The fourth-order valence-electron chi connectivity index (χ4n) is 13.0. The topological polar surface area (TPSA) is 196 Å². The average Bonchev–Trinajstić information content (AvgIpc) is 3.10. The minimum atomic E-state index is -1.65. The average molecular weight is 749 g/mol. The van der Waals surface area contributed by atoms with Crippen LogP contribution in [0.3, 0.4) is 0 Å². The first-order valence-electron chi connectivity index (χ1n) is 20.0. The molecule has 7 rings (SSSR count). The van der Waals surface area contributed by atoms with Crippen LogP contribution in [0, 0.1) is 44.8 Å². The number of aliphatic hydroxyl groups is 6. The van der Waals surface area contributed by atoms with E-state index in [2.05, 4.69) is 54.5 Å². The van der Waals surface area contributed by atoms with Gasteiger partial charge in [0, 0.05) is 0 Å². The van der Waals surface area contributed by atoms with Crippen molar-refractivity contribution in [3.8, 4) is 0 Å². The summed E-state index contributed by atoms with van der Waals surface area (Å²) in [7, 11) is 0. The molecule has 7 aliphatic rings.